The molecule has 0 spiro atoms. The highest BCUT2D eigenvalue weighted by atomic mass is 14.8. The highest BCUT2D eigenvalue weighted by molar-refractivity contribution is 4.97. The fraction of sp³-hybridized carbons (Fsp3) is 1.00. The molecule has 1 rings (SSSR count). The Hall–Kier alpha value is -0.0800. The van der Waals surface area contributed by atoms with Crippen LogP contribution in [0, 0.1) is 17.3 Å². The summed E-state index contributed by atoms with van der Waals surface area (Å²) >= 11 is 0. The smallest absolute Gasteiger partial charge is 0.0110 e. The number of rotatable bonds is 1. The largest absolute Gasteiger partial charge is 0.330 e. The van der Waals surface area contributed by atoms with Crippen molar-refractivity contribution in [1.29, 1.82) is 0 Å². The summed E-state index contributed by atoms with van der Waals surface area (Å²) in [5, 5.41) is 0. The Morgan fingerprint density at radius 3 is 2.18 bits per heavy atom. The van der Waals surface area contributed by atoms with Crippen LogP contribution in [0.5, 0.6) is 0 Å². The summed E-state index contributed by atoms with van der Waals surface area (Å²) in [4.78, 5) is 0. The van der Waals surface area contributed by atoms with Crippen LogP contribution in [0.2, 0.25) is 0 Å². The summed E-state index contributed by atoms with van der Waals surface area (Å²) in [5.74, 6) is 1.15. The third-order valence-corrected chi connectivity index (χ3v) is 3.23. The van der Waals surface area contributed by atoms with E-state index in [4.69, 9.17) is 11.5 Å². The molecule has 66 valence electrons. The van der Waals surface area contributed by atoms with Crippen LogP contribution in [0.15, 0.2) is 0 Å². The molecule has 0 aromatic rings. The second-order valence-corrected chi connectivity index (χ2v) is 4.59. The Morgan fingerprint density at radius 2 is 2.00 bits per heavy atom. The van der Waals surface area contributed by atoms with Crippen LogP contribution < -0.4 is 11.5 Å². The molecule has 1 aliphatic carbocycles. The maximum absolute atomic E-state index is 6.03. The zero-order chi connectivity index (χ0) is 8.65. The van der Waals surface area contributed by atoms with Crippen molar-refractivity contribution in [3.8, 4) is 0 Å². The third-order valence-electron chi connectivity index (χ3n) is 3.23. The number of nitrogens with two attached hydrogens (primary N) is 2. The van der Waals surface area contributed by atoms with Crippen molar-refractivity contribution in [2.75, 3.05) is 6.54 Å². The molecular formula is C9H20N2. The topological polar surface area (TPSA) is 52.0 Å². The number of hydrogen-bond acceptors (Lipinski definition) is 2. The van der Waals surface area contributed by atoms with Gasteiger partial charge < -0.3 is 11.5 Å². The first kappa shape index (κ1) is 9.01. The molecule has 0 aromatic carbocycles. The van der Waals surface area contributed by atoms with Crippen molar-refractivity contribution < 1.29 is 0 Å². The zero-order valence-electron chi connectivity index (χ0n) is 7.80. The average Bonchev–Trinajstić information content (AvgIpc) is 2.03. The minimum absolute atomic E-state index is 0.315. The van der Waals surface area contributed by atoms with Crippen LogP contribution >= 0.6 is 0 Å². The van der Waals surface area contributed by atoms with Gasteiger partial charge in [-0.3, -0.25) is 0 Å². The van der Waals surface area contributed by atoms with E-state index in [1.54, 1.807) is 0 Å². The molecule has 0 aliphatic heterocycles. The Kier molecular flexibility index (Phi) is 2.26. The highest BCUT2D eigenvalue weighted by Crippen LogP contribution is 2.44. The molecule has 4 N–H and O–H groups in total. The van der Waals surface area contributed by atoms with Crippen molar-refractivity contribution in [2.45, 2.75) is 33.2 Å². The maximum Gasteiger partial charge on any atom is 0.0110 e. The van der Waals surface area contributed by atoms with Crippen LogP contribution in [0.25, 0.3) is 0 Å². The van der Waals surface area contributed by atoms with Crippen LogP contribution in [-0.2, 0) is 0 Å². The van der Waals surface area contributed by atoms with Crippen LogP contribution in [0.3, 0.4) is 0 Å². The van der Waals surface area contributed by atoms with Gasteiger partial charge in [0.05, 0.1) is 0 Å². The summed E-state index contributed by atoms with van der Waals surface area (Å²) in [7, 11) is 0. The molecule has 1 aliphatic rings. The van der Waals surface area contributed by atoms with Gasteiger partial charge in [0.2, 0.25) is 0 Å². The third kappa shape index (κ3) is 1.42. The van der Waals surface area contributed by atoms with Gasteiger partial charge in [-0.25, -0.2) is 0 Å². The van der Waals surface area contributed by atoms with Crippen molar-refractivity contribution in [3.63, 3.8) is 0 Å². The van der Waals surface area contributed by atoms with E-state index in [2.05, 4.69) is 20.8 Å². The lowest BCUT2D eigenvalue weighted by Crippen LogP contribution is -2.38. The van der Waals surface area contributed by atoms with Crippen molar-refractivity contribution in [1.82, 2.24) is 0 Å². The van der Waals surface area contributed by atoms with E-state index in [0.717, 1.165) is 6.54 Å². The Morgan fingerprint density at radius 1 is 1.45 bits per heavy atom. The minimum Gasteiger partial charge on any atom is -0.330 e. The lowest BCUT2D eigenvalue weighted by atomic mass is 9.81. The number of hydrogen-bond donors (Lipinski definition) is 2. The molecule has 0 amide bonds. The van der Waals surface area contributed by atoms with Gasteiger partial charge in [-0.15, -0.1) is 0 Å². The highest BCUT2D eigenvalue weighted by Gasteiger charge is 2.43. The predicted molar refractivity (Wildman–Crippen MR) is 48.1 cm³/mol. The zero-order valence-corrected chi connectivity index (χ0v) is 7.80. The lowest BCUT2D eigenvalue weighted by molar-refractivity contribution is 0.253. The van der Waals surface area contributed by atoms with Crippen LogP contribution in [0.1, 0.15) is 27.2 Å². The molecule has 1 saturated carbocycles. The predicted octanol–water partition coefficient (Wildman–Crippen LogP) is 0.955. The lowest BCUT2D eigenvalue weighted by Gasteiger charge is -2.27. The Bertz CT molecular complexity index is 142. The van der Waals surface area contributed by atoms with Gasteiger partial charge in [-0.2, -0.15) is 0 Å². The minimum atomic E-state index is 0.315. The molecule has 0 aromatic heterocycles. The van der Waals surface area contributed by atoms with Gasteiger partial charge in [0.25, 0.3) is 0 Å². The second kappa shape index (κ2) is 2.76. The van der Waals surface area contributed by atoms with Gasteiger partial charge in [-0.1, -0.05) is 20.8 Å². The van der Waals surface area contributed by atoms with Crippen LogP contribution in [0.4, 0.5) is 0 Å². The molecule has 0 bridgehead atoms. The van der Waals surface area contributed by atoms with Crippen molar-refractivity contribution in [3.05, 3.63) is 0 Å². The SMILES string of the molecule is C[C@@H]1CC(C)(C)[C@@H](CN)[C@@H]1N. The fourth-order valence-corrected chi connectivity index (χ4v) is 2.51. The van der Waals surface area contributed by atoms with E-state index in [1.807, 2.05) is 0 Å². The van der Waals surface area contributed by atoms with Crippen molar-refractivity contribution >= 4 is 0 Å². The van der Waals surface area contributed by atoms with E-state index in [9.17, 15) is 0 Å². The first-order chi connectivity index (χ1) is 4.99. The van der Waals surface area contributed by atoms with Gasteiger partial charge in [-0.05, 0) is 30.2 Å². The standard InChI is InChI=1S/C9H20N2/c1-6-4-9(2,3)7(5-10)8(6)11/h6-8H,4-5,10-11H2,1-3H3/t6-,7+,8-/m1/s1. The Labute approximate surface area is 69.3 Å². The first-order valence-electron chi connectivity index (χ1n) is 4.44. The first-order valence-corrected chi connectivity index (χ1v) is 4.44. The fourth-order valence-electron chi connectivity index (χ4n) is 2.51. The van der Waals surface area contributed by atoms with Crippen LogP contribution in [-0.4, -0.2) is 12.6 Å². The molecule has 3 atom stereocenters. The molecule has 0 radical (unpaired) electrons. The maximum atomic E-state index is 6.03. The monoisotopic (exact) mass is 156 g/mol. The molecular weight excluding hydrogens is 136 g/mol. The molecule has 2 nitrogen and oxygen atoms in total. The molecule has 0 heterocycles. The van der Waals surface area contributed by atoms with E-state index >= 15 is 0 Å². The van der Waals surface area contributed by atoms with E-state index in [-0.39, 0.29) is 0 Å². The summed E-state index contributed by atoms with van der Waals surface area (Å²) in [6, 6.07) is 0.315. The summed E-state index contributed by atoms with van der Waals surface area (Å²) in [6.07, 6.45) is 1.22. The molecule has 1 fully saturated rings. The van der Waals surface area contributed by atoms with E-state index < -0.39 is 0 Å². The van der Waals surface area contributed by atoms with Gasteiger partial charge >= 0.3 is 0 Å². The Balaban J connectivity index is 2.73. The molecule has 11 heavy (non-hydrogen) atoms. The summed E-state index contributed by atoms with van der Waals surface area (Å²) < 4.78 is 0. The molecule has 0 saturated heterocycles. The molecule has 0 unspecified atom stereocenters. The van der Waals surface area contributed by atoms with Gasteiger partial charge in [0.15, 0.2) is 0 Å². The quantitative estimate of drug-likeness (QED) is 0.594. The molecule has 2 heteroatoms. The average molecular weight is 156 g/mol. The van der Waals surface area contributed by atoms with E-state index in [0.29, 0.717) is 23.3 Å². The summed E-state index contributed by atoms with van der Waals surface area (Å²) in [6.45, 7) is 7.50. The van der Waals surface area contributed by atoms with Gasteiger partial charge in [0, 0.05) is 6.04 Å². The van der Waals surface area contributed by atoms with Gasteiger partial charge in [0.1, 0.15) is 0 Å². The van der Waals surface area contributed by atoms with E-state index in [1.165, 1.54) is 6.42 Å². The second-order valence-electron chi connectivity index (χ2n) is 4.59. The van der Waals surface area contributed by atoms with Crippen molar-refractivity contribution in [2.24, 2.45) is 28.7 Å². The summed E-state index contributed by atoms with van der Waals surface area (Å²) in [5.41, 5.74) is 12.1. The normalized spacial score (nSPS) is 42.8.